The third kappa shape index (κ3) is 0.976. The zero-order valence-electron chi connectivity index (χ0n) is 3.90. The predicted molar refractivity (Wildman–Crippen MR) is 28.0 cm³/mol. The highest BCUT2D eigenvalue weighted by atomic mass is 35.5. The van der Waals surface area contributed by atoms with Gasteiger partial charge in [-0.2, -0.15) is 0 Å². The number of hydrazine groups is 2. The molecule has 1 rings (SSSR count). The van der Waals surface area contributed by atoms with Crippen molar-refractivity contribution in [2.45, 2.75) is 0 Å². The summed E-state index contributed by atoms with van der Waals surface area (Å²) >= 11 is 5.45. The minimum Gasteiger partial charge on any atom is -0.298 e. The number of halogens is 1. The van der Waals surface area contributed by atoms with Gasteiger partial charge in [0.2, 0.25) is 0 Å². The highest BCUT2D eigenvalue weighted by molar-refractivity contribution is 6.29. The van der Waals surface area contributed by atoms with Crippen molar-refractivity contribution < 1.29 is 0 Å². The first-order chi connectivity index (χ1) is 3.29. The maximum Gasteiger partial charge on any atom is 0.135 e. The van der Waals surface area contributed by atoms with Gasteiger partial charge in [0.1, 0.15) is 5.16 Å². The Morgan fingerprint density at radius 2 is 2.57 bits per heavy atom. The van der Waals surface area contributed by atoms with Gasteiger partial charge in [0, 0.05) is 7.05 Å². The van der Waals surface area contributed by atoms with Crippen LogP contribution in [0.15, 0.2) is 11.4 Å². The van der Waals surface area contributed by atoms with Gasteiger partial charge in [0.15, 0.2) is 0 Å². The van der Waals surface area contributed by atoms with Crippen molar-refractivity contribution in [3.63, 3.8) is 0 Å². The van der Waals surface area contributed by atoms with Crippen LogP contribution >= 0.6 is 11.6 Å². The van der Waals surface area contributed by atoms with E-state index in [2.05, 4.69) is 11.0 Å². The fourth-order valence-electron chi connectivity index (χ4n) is 0.376. The van der Waals surface area contributed by atoms with Gasteiger partial charge in [-0.1, -0.05) is 11.6 Å². The minimum atomic E-state index is 0.613. The number of hydrogen-bond donors (Lipinski definition) is 2. The molecule has 1 aliphatic rings. The van der Waals surface area contributed by atoms with Crippen LogP contribution in [0.4, 0.5) is 0 Å². The average Bonchev–Trinajstić information content (AvgIpc) is 1.87. The van der Waals surface area contributed by atoms with Crippen LogP contribution in [0.3, 0.4) is 0 Å². The number of nitrogens with zero attached hydrogens (tertiary/aromatic N) is 1. The molecule has 0 saturated heterocycles. The topological polar surface area (TPSA) is 27.3 Å². The summed E-state index contributed by atoms with van der Waals surface area (Å²) in [6.07, 6.45) is 1.74. The van der Waals surface area contributed by atoms with E-state index in [1.807, 2.05) is 7.05 Å². The zero-order valence-corrected chi connectivity index (χ0v) is 4.66. The maximum absolute atomic E-state index is 5.45. The van der Waals surface area contributed by atoms with Gasteiger partial charge >= 0.3 is 0 Å². The molecule has 0 amide bonds. The SMILES string of the molecule is CN1C=C(Cl)NN1. The summed E-state index contributed by atoms with van der Waals surface area (Å²) < 4.78 is 0. The first kappa shape index (κ1) is 4.74. The van der Waals surface area contributed by atoms with E-state index >= 15 is 0 Å². The van der Waals surface area contributed by atoms with Crippen molar-refractivity contribution in [2.24, 2.45) is 0 Å². The van der Waals surface area contributed by atoms with E-state index in [4.69, 9.17) is 11.6 Å². The van der Waals surface area contributed by atoms with Gasteiger partial charge in [-0.3, -0.25) is 10.4 Å². The smallest absolute Gasteiger partial charge is 0.135 e. The molecule has 1 aliphatic heterocycles. The summed E-state index contributed by atoms with van der Waals surface area (Å²) in [5.41, 5.74) is 5.40. The molecule has 2 N–H and O–H groups in total. The summed E-state index contributed by atoms with van der Waals surface area (Å²) in [6.45, 7) is 0. The average molecular weight is 120 g/mol. The number of rotatable bonds is 0. The molecule has 0 bridgehead atoms. The molecule has 0 fully saturated rings. The highest BCUT2D eigenvalue weighted by Gasteiger charge is 2.00. The van der Waals surface area contributed by atoms with Crippen molar-refractivity contribution in [2.75, 3.05) is 7.05 Å². The molecule has 0 aliphatic carbocycles. The predicted octanol–water partition coefficient (Wildman–Crippen LogP) is -0.0213. The molecule has 4 heteroatoms. The highest BCUT2D eigenvalue weighted by Crippen LogP contribution is 1.98. The van der Waals surface area contributed by atoms with Gasteiger partial charge < -0.3 is 0 Å². The molecule has 0 aromatic rings. The molecular formula is C3H6ClN3. The summed E-state index contributed by atoms with van der Waals surface area (Å²) in [5.74, 6) is 0. The molecule has 7 heavy (non-hydrogen) atoms. The van der Waals surface area contributed by atoms with Gasteiger partial charge in [0.25, 0.3) is 0 Å². The second-order valence-electron chi connectivity index (χ2n) is 1.32. The van der Waals surface area contributed by atoms with E-state index < -0.39 is 0 Å². The second kappa shape index (κ2) is 1.60. The Kier molecular flexibility index (Phi) is 1.08. The molecule has 3 nitrogen and oxygen atoms in total. The lowest BCUT2D eigenvalue weighted by atomic mass is 10.9. The second-order valence-corrected chi connectivity index (χ2v) is 1.73. The fraction of sp³-hybridized carbons (Fsp3) is 0.333. The molecule has 40 valence electrons. The van der Waals surface area contributed by atoms with Crippen molar-refractivity contribution in [1.29, 1.82) is 0 Å². The molecule has 0 radical (unpaired) electrons. The van der Waals surface area contributed by atoms with Crippen molar-refractivity contribution in [3.8, 4) is 0 Å². The maximum atomic E-state index is 5.45. The molecule has 0 saturated carbocycles. The van der Waals surface area contributed by atoms with Gasteiger partial charge in [-0.25, -0.2) is 0 Å². The Labute approximate surface area is 46.9 Å². The van der Waals surface area contributed by atoms with Gasteiger partial charge in [0.05, 0.1) is 6.20 Å². The Morgan fingerprint density at radius 3 is 2.71 bits per heavy atom. The summed E-state index contributed by atoms with van der Waals surface area (Å²) in [6, 6.07) is 0. The minimum absolute atomic E-state index is 0.613. The van der Waals surface area contributed by atoms with E-state index in [0.717, 1.165) is 0 Å². The van der Waals surface area contributed by atoms with Crippen LogP contribution in [-0.2, 0) is 0 Å². The summed E-state index contributed by atoms with van der Waals surface area (Å²) in [5, 5.41) is 2.34. The number of hydrogen-bond acceptors (Lipinski definition) is 3. The summed E-state index contributed by atoms with van der Waals surface area (Å²) in [4.78, 5) is 0. The first-order valence-corrected chi connectivity index (χ1v) is 2.28. The lowest BCUT2D eigenvalue weighted by Crippen LogP contribution is -2.32. The van der Waals surface area contributed by atoms with E-state index in [-0.39, 0.29) is 0 Å². The molecule has 0 unspecified atom stereocenters. The lowest BCUT2D eigenvalue weighted by molar-refractivity contribution is 0.328. The molecule has 0 atom stereocenters. The van der Waals surface area contributed by atoms with Crippen molar-refractivity contribution in [3.05, 3.63) is 11.4 Å². The van der Waals surface area contributed by atoms with E-state index in [9.17, 15) is 0 Å². The van der Waals surface area contributed by atoms with Crippen LogP contribution in [0.1, 0.15) is 0 Å². The van der Waals surface area contributed by atoms with Crippen LogP contribution in [0, 0.1) is 0 Å². The van der Waals surface area contributed by atoms with Crippen LogP contribution in [0.2, 0.25) is 0 Å². The third-order valence-electron chi connectivity index (χ3n) is 0.659. The monoisotopic (exact) mass is 119 g/mol. The Morgan fingerprint density at radius 1 is 1.86 bits per heavy atom. The Balaban J connectivity index is 2.50. The van der Waals surface area contributed by atoms with Crippen molar-refractivity contribution in [1.82, 2.24) is 16.0 Å². The quantitative estimate of drug-likeness (QED) is 0.439. The number of nitrogens with one attached hydrogen (secondary N) is 2. The molecule has 1 heterocycles. The van der Waals surface area contributed by atoms with Crippen molar-refractivity contribution >= 4 is 11.6 Å². The van der Waals surface area contributed by atoms with E-state index in [1.54, 1.807) is 11.2 Å². The largest absolute Gasteiger partial charge is 0.298 e. The van der Waals surface area contributed by atoms with Crippen LogP contribution in [0.25, 0.3) is 0 Å². The fourth-order valence-corrected chi connectivity index (χ4v) is 0.565. The van der Waals surface area contributed by atoms with E-state index in [0.29, 0.717) is 5.16 Å². The van der Waals surface area contributed by atoms with Gasteiger partial charge in [-0.05, 0) is 0 Å². The van der Waals surface area contributed by atoms with E-state index in [1.165, 1.54) is 0 Å². The first-order valence-electron chi connectivity index (χ1n) is 1.91. The Bertz CT molecular complexity index is 100. The normalized spacial score (nSPS) is 19.1. The van der Waals surface area contributed by atoms with Crippen LogP contribution in [-0.4, -0.2) is 12.1 Å². The van der Waals surface area contributed by atoms with Gasteiger partial charge in [-0.15, -0.1) is 5.53 Å². The molecule has 0 aromatic carbocycles. The third-order valence-corrected chi connectivity index (χ3v) is 0.851. The molecule has 0 spiro atoms. The standard InChI is InChI=1S/C3H6ClN3/c1-7-2-3(4)5-6-7/h2,5-6H,1H3. The molecule has 0 aromatic heterocycles. The molecular weight excluding hydrogens is 114 g/mol. The lowest BCUT2D eigenvalue weighted by Gasteiger charge is -2.04. The van der Waals surface area contributed by atoms with Crippen LogP contribution in [0.5, 0.6) is 0 Å². The zero-order chi connectivity index (χ0) is 5.28. The Hall–Kier alpha value is -0.410. The summed E-state index contributed by atoms with van der Waals surface area (Å²) in [7, 11) is 1.85. The van der Waals surface area contributed by atoms with Crippen LogP contribution < -0.4 is 11.0 Å².